The third-order valence-corrected chi connectivity index (χ3v) is 7.49. The summed E-state index contributed by atoms with van der Waals surface area (Å²) >= 11 is 0. The monoisotopic (exact) mass is 586 g/mol. The van der Waals surface area contributed by atoms with Crippen molar-refractivity contribution in [3.63, 3.8) is 0 Å². The topological polar surface area (TPSA) is 86.5 Å². The largest absolute Gasteiger partial charge is 0.450 e. The Morgan fingerprint density at radius 3 is 1.34 bits per heavy atom. The van der Waals surface area contributed by atoms with Gasteiger partial charge in [0.25, 0.3) is 0 Å². The molecule has 0 aliphatic carbocycles. The van der Waals surface area contributed by atoms with E-state index in [1.807, 2.05) is 143 Å². The fraction of sp³-hybridized carbons (Fsp3) is 0.167. The molecule has 6 aromatic rings. The van der Waals surface area contributed by atoms with E-state index in [-0.39, 0.29) is 0 Å². The summed E-state index contributed by atoms with van der Waals surface area (Å²) in [5, 5.41) is 8.80. The van der Waals surface area contributed by atoms with Crippen LogP contribution in [0.25, 0.3) is 21.8 Å². The lowest BCUT2D eigenvalue weighted by Gasteiger charge is -2.22. The van der Waals surface area contributed by atoms with Crippen LogP contribution in [-0.2, 0) is 32.2 Å². The van der Waals surface area contributed by atoms with E-state index >= 15 is 0 Å². The van der Waals surface area contributed by atoms with Crippen molar-refractivity contribution >= 4 is 45.1 Å². The molecule has 0 aliphatic rings. The molecule has 2 unspecified atom stereocenters. The Morgan fingerprint density at radius 2 is 0.909 bits per heavy atom. The number of esters is 2. The van der Waals surface area contributed by atoms with Crippen molar-refractivity contribution in [3.05, 3.63) is 134 Å². The molecular formula is C36H34N4O4. The van der Waals surface area contributed by atoms with E-state index in [2.05, 4.69) is 10.6 Å². The van der Waals surface area contributed by atoms with Crippen LogP contribution < -0.4 is 10.6 Å². The average Bonchev–Trinajstić information content (AvgIpc) is 3.67. The van der Waals surface area contributed by atoms with E-state index in [9.17, 15) is 9.59 Å². The summed E-state index contributed by atoms with van der Waals surface area (Å²) < 4.78 is 15.6. The second-order valence-electron chi connectivity index (χ2n) is 10.6. The summed E-state index contributed by atoms with van der Waals surface area (Å²) in [5.41, 5.74) is 3.81. The summed E-state index contributed by atoms with van der Waals surface area (Å²) in [7, 11) is 0. The van der Waals surface area contributed by atoms with Crippen molar-refractivity contribution in [2.75, 3.05) is 23.7 Å². The van der Waals surface area contributed by atoms with Crippen LogP contribution in [0.1, 0.15) is 0 Å². The number of aromatic nitrogens is 2. The predicted molar refractivity (Wildman–Crippen MR) is 173 cm³/mol. The first-order chi connectivity index (χ1) is 21.6. The van der Waals surface area contributed by atoms with Crippen LogP contribution in [0, 0.1) is 0 Å². The van der Waals surface area contributed by atoms with Crippen LogP contribution in [0.4, 0.5) is 11.4 Å². The van der Waals surface area contributed by atoms with Gasteiger partial charge in [-0.3, -0.25) is 0 Å². The van der Waals surface area contributed by atoms with Gasteiger partial charge >= 0.3 is 11.9 Å². The molecule has 0 bridgehead atoms. The van der Waals surface area contributed by atoms with Gasteiger partial charge in [0.15, 0.2) is 0 Å². The van der Waals surface area contributed by atoms with Gasteiger partial charge in [0.2, 0.25) is 0 Å². The maximum absolute atomic E-state index is 13.2. The Morgan fingerprint density at radius 1 is 0.523 bits per heavy atom. The minimum Gasteiger partial charge on any atom is -0.450 e. The van der Waals surface area contributed by atoms with Gasteiger partial charge in [0.1, 0.15) is 12.2 Å². The highest BCUT2D eigenvalue weighted by molar-refractivity contribution is 6.29. The highest BCUT2D eigenvalue weighted by Crippen LogP contribution is 2.19. The molecule has 0 amide bonds. The van der Waals surface area contributed by atoms with Gasteiger partial charge in [-0.1, -0.05) is 72.8 Å². The van der Waals surface area contributed by atoms with Gasteiger partial charge in [-0.2, -0.15) is 0 Å². The first kappa shape index (κ1) is 28.6. The average molecular weight is 587 g/mol. The molecule has 8 nitrogen and oxygen atoms in total. The number of ether oxygens (including phenoxy) is 2. The number of carbonyl (C=O) groups is 2. The maximum Gasteiger partial charge on any atom is 0.417 e. The number of benzene rings is 4. The highest BCUT2D eigenvalue weighted by atomic mass is 16.6. The molecular weight excluding hydrogens is 552 g/mol. The third kappa shape index (κ3) is 7.10. The van der Waals surface area contributed by atoms with Gasteiger partial charge < -0.3 is 29.2 Å². The summed E-state index contributed by atoms with van der Waals surface area (Å²) in [6.07, 6.45) is 2.64. The SMILES string of the molecule is O=C(OC(CNc1ccccc1)Cn1ccc2ccccc21)C(=O)OC(CNc1ccccc1)Cn1ccc2ccccc21. The molecule has 0 aliphatic heterocycles. The molecule has 2 aromatic heterocycles. The Hall–Kier alpha value is -5.50. The molecule has 222 valence electrons. The first-order valence-electron chi connectivity index (χ1n) is 14.7. The lowest BCUT2D eigenvalue weighted by molar-refractivity contribution is -0.174. The molecule has 8 heteroatoms. The summed E-state index contributed by atoms with van der Waals surface area (Å²) in [4.78, 5) is 26.4. The predicted octanol–water partition coefficient (Wildman–Crippen LogP) is 6.34. The zero-order valence-corrected chi connectivity index (χ0v) is 24.2. The number of para-hydroxylation sites is 4. The van der Waals surface area contributed by atoms with Crippen LogP contribution >= 0.6 is 0 Å². The summed E-state index contributed by atoms with van der Waals surface area (Å²) in [6.45, 7) is 1.34. The van der Waals surface area contributed by atoms with Crippen molar-refractivity contribution in [2.45, 2.75) is 25.3 Å². The number of carbonyl (C=O) groups excluding carboxylic acids is 2. The van der Waals surface area contributed by atoms with Gasteiger partial charge in [0, 0.05) is 34.8 Å². The van der Waals surface area contributed by atoms with Gasteiger partial charge in [-0.25, -0.2) is 9.59 Å². The van der Waals surface area contributed by atoms with E-state index in [4.69, 9.17) is 9.47 Å². The Bertz CT molecular complexity index is 1700. The number of nitrogens with zero attached hydrogens (tertiary/aromatic N) is 2. The second-order valence-corrected chi connectivity index (χ2v) is 10.6. The number of rotatable bonds is 12. The lowest BCUT2D eigenvalue weighted by atomic mass is 10.2. The molecule has 0 saturated carbocycles. The van der Waals surface area contributed by atoms with Crippen molar-refractivity contribution in [3.8, 4) is 0 Å². The fourth-order valence-electron chi connectivity index (χ4n) is 5.30. The van der Waals surface area contributed by atoms with Crippen LogP contribution in [0.2, 0.25) is 0 Å². The zero-order valence-electron chi connectivity index (χ0n) is 24.2. The number of anilines is 2. The molecule has 2 atom stereocenters. The summed E-state index contributed by atoms with van der Waals surface area (Å²) in [6, 6.07) is 39.4. The van der Waals surface area contributed by atoms with Crippen LogP contribution in [0.5, 0.6) is 0 Å². The molecule has 0 saturated heterocycles. The molecule has 6 rings (SSSR count). The molecule has 44 heavy (non-hydrogen) atoms. The molecule has 0 radical (unpaired) electrons. The third-order valence-electron chi connectivity index (χ3n) is 7.49. The van der Waals surface area contributed by atoms with Gasteiger partial charge in [-0.15, -0.1) is 0 Å². The first-order valence-corrected chi connectivity index (χ1v) is 14.7. The standard InChI is InChI=1S/C36H34N4O4/c41-35(43-31(23-37-29-13-3-1-4-14-29)25-39-21-19-27-11-7-9-17-33(27)39)36(42)44-32(24-38-30-15-5-2-6-16-30)26-40-22-20-28-12-8-10-18-34(28)40/h1-22,31-32,37-38H,23-26H2. The number of nitrogens with one attached hydrogen (secondary N) is 2. The molecule has 0 fully saturated rings. The molecule has 0 spiro atoms. The Kier molecular flexibility index (Phi) is 8.88. The summed E-state index contributed by atoms with van der Waals surface area (Å²) in [5.74, 6) is -2.05. The van der Waals surface area contributed by atoms with E-state index < -0.39 is 24.1 Å². The fourth-order valence-corrected chi connectivity index (χ4v) is 5.30. The number of fused-ring (bicyclic) bond motifs is 2. The molecule has 4 aromatic carbocycles. The van der Waals surface area contributed by atoms with Crippen LogP contribution in [0.15, 0.2) is 134 Å². The van der Waals surface area contributed by atoms with Crippen molar-refractivity contribution < 1.29 is 19.1 Å². The second kappa shape index (κ2) is 13.6. The van der Waals surface area contributed by atoms with E-state index in [1.165, 1.54) is 0 Å². The highest BCUT2D eigenvalue weighted by Gasteiger charge is 2.27. The van der Waals surface area contributed by atoms with Crippen LogP contribution in [-0.4, -0.2) is 46.4 Å². The zero-order chi connectivity index (χ0) is 30.1. The smallest absolute Gasteiger partial charge is 0.417 e. The minimum absolute atomic E-state index is 0.309. The Balaban J connectivity index is 1.16. The van der Waals surface area contributed by atoms with E-state index in [1.54, 1.807) is 0 Å². The van der Waals surface area contributed by atoms with Crippen molar-refractivity contribution in [1.82, 2.24) is 9.13 Å². The normalized spacial score (nSPS) is 12.5. The van der Waals surface area contributed by atoms with Crippen molar-refractivity contribution in [1.29, 1.82) is 0 Å². The molecule has 2 heterocycles. The van der Waals surface area contributed by atoms with Gasteiger partial charge in [-0.05, 0) is 59.3 Å². The minimum atomic E-state index is -1.02. The maximum atomic E-state index is 13.2. The lowest BCUT2D eigenvalue weighted by Crippen LogP contribution is -2.37. The van der Waals surface area contributed by atoms with E-state index in [0.29, 0.717) is 26.2 Å². The molecule has 2 N–H and O–H groups in total. The van der Waals surface area contributed by atoms with Crippen molar-refractivity contribution in [2.24, 2.45) is 0 Å². The number of hydrogen-bond donors (Lipinski definition) is 2. The quantitative estimate of drug-likeness (QED) is 0.129. The van der Waals surface area contributed by atoms with Crippen LogP contribution in [0.3, 0.4) is 0 Å². The Labute approximate surface area is 255 Å². The van der Waals surface area contributed by atoms with E-state index in [0.717, 1.165) is 33.2 Å². The number of hydrogen-bond acceptors (Lipinski definition) is 6. The van der Waals surface area contributed by atoms with Gasteiger partial charge in [0.05, 0.1) is 26.2 Å².